The van der Waals surface area contributed by atoms with Crippen LogP contribution in [0.2, 0.25) is 0 Å². The molecule has 1 aromatic heterocycles. The second-order valence-corrected chi connectivity index (χ2v) is 4.49. The number of likely N-dealkylation sites (tertiary alicyclic amines) is 1. The summed E-state index contributed by atoms with van der Waals surface area (Å²) in [4.78, 5) is 24.7. The normalized spacial score (nSPS) is 19.8. The summed E-state index contributed by atoms with van der Waals surface area (Å²) in [5.74, 6) is -1.06. The molecular weight excluding hydrogens is 214 g/mol. The Labute approximate surface area is 91.1 Å². The van der Waals surface area contributed by atoms with Crippen LogP contribution >= 0.6 is 11.3 Å². The Bertz CT molecular complexity index is 413. The molecule has 0 aromatic carbocycles. The van der Waals surface area contributed by atoms with E-state index < -0.39 is 12.0 Å². The van der Waals surface area contributed by atoms with Crippen LogP contribution in [0.3, 0.4) is 0 Å². The number of aryl methyl sites for hydroxylation is 1. The van der Waals surface area contributed by atoms with E-state index in [0.717, 1.165) is 5.56 Å². The molecule has 0 aliphatic carbocycles. The molecule has 1 aliphatic rings. The number of rotatable bonds is 2. The first-order valence-corrected chi connectivity index (χ1v) is 5.57. The lowest BCUT2D eigenvalue weighted by atomic mass is 10.0. The Morgan fingerprint density at radius 1 is 1.60 bits per heavy atom. The van der Waals surface area contributed by atoms with Crippen LogP contribution in [0, 0.1) is 6.92 Å². The van der Waals surface area contributed by atoms with Gasteiger partial charge in [-0.3, -0.25) is 4.79 Å². The van der Waals surface area contributed by atoms with Gasteiger partial charge in [-0.1, -0.05) is 0 Å². The van der Waals surface area contributed by atoms with Gasteiger partial charge in [0.15, 0.2) is 0 Å². The summed E-state index contributed by atoms with van der Waals surface area (Å²) in [5.41, 5.74) is 0.918. The Kier molecular flexibility index (Phi) is 2.48. The lowest BCUT2D eigenvalue weighted by Gasteiger charge is -2.37. The average Bonchev–Trinajstić information content (AvgIpc) is 2.47. The molecule has 0 saturated carbocycles. The largest absolute Gasteiger partial charge is 0.480 e. The highest BCUT2D eigenvalue weighted by molar-refractivity contribution is 7.12. The number of carbonyl (C=O) groups is 2. The van der Waals surface area contributed by atoms with Gasteiger partial charge in [0.1, 0.15) is 6.04 Å². The van der Waals surface area contributed by atoms with Gasteiger partial charge in [0.25, 0.3) is 5.91 Å². The maximum atomic E-state index is 11.9. The zero-order chi connectivity index (χ0) is 11.0. The molecule has 1 unspecified atom stereocenters. The van der Waals surface area contributed by atoms with E-state index in [1.54, 1.807) is 0 Å². The molecule has 2 heterocycles. The SMILES string of the molecule is Cc1ccsc1C(=O)N1CCC1C(=O)O. The van der Waals surface area contributed by atoms with Crippen molar-refractivity contribution in [2.75, 3.05) is 6.54 Å². The van der Waals surface area contributed by atoms with Crippen molar-refractivity contribution in [2.24, 2.45) is 0 Å². The van der Waals surface area contributed by atoms with Gasteiger partial charge in [-0.15, -0.1) is 11.3 Å². The topological polar surface area (TPSA) is 57.6 Å². The van der Waals surface area contributed by atoms with Crippen LogP contribution in [0.15, 0.2) is 11.4 Å². The smallest absolute Gasteiger partial charge is 0.326 e. The predicted molar refractivity (Wildman–Crippen MR) is 56.1 cm³/mol. The molecule has 1 N–H and O–H groups in total. The second-order valence-electron chi connectivity index (χ2n) is 3.57. The third kappa shape index (κ3) is 1.63. The van der Waals surface area contributed by atoms with Gasteiger partial charge in [0.2, 0.25) is 0 Å². The summed E-state index contributed by atoms with van der Waals surface area (Å²) >= 11 is 1.36. The van der Waals surface area contributed by atoms with Gasteiger partial charge in [-0.25, -0.2) is 4.79 Å². The number of thiophene rings is 1. The molecule has 1 fully saturated rings. The molecule has 1 aliphatic heterocycles. The number of amides is 1. The van der Waals surface area contributed by atoms with Crippen LogP contribution in [0.1, 0.15) is 21.7 Å². The molecule has 1 amide bonds. The molecule has 5 heteroatoms. The van der Waals surface area contributed by atoms with Gasteiger partial charge in [-0.2, -0.15) is 0 Å². The summed E-state index contributed by atoms with van der Waals surface area (Å²) in [6, 6.07) is 1.24. The van der Waals surface area contributed by atoms with Gasteiger partial charge in [0.05, 0.1) is 4.88 Å². The third-order valence-corrected chi connectivity index (χ3v) is 3.63. The van der Waals surface area contributed by atoms with E-state index in [-0.39, 0.29) is 5.91 Å². The number of hydrogen-bond acceptors (Lipinski definition) is 3. The van der Waals surface area contributed by atoms with Crippen molar-refractivity contribution >= 4 is 23.2 Å². The lowest BCUT2D eigenvalue weighted by molar-refractivity contribution is -0.146. The maximum absolute atomic E-state index is 11.9. The molecule has 15 heavy (non-hydrogen) atoms. The highest BCUT2D eigenvalue weighted by Crippen LogP contribution is 2.24. The van der Waals surface area contributed by atoms with Crippen LogP contribution in [0.5, 0.6) is 0 Å². The number of aliphatic carboxylic acids is 1. The molecule has 0 bridgehead atoms. The number of carboxylic acids is 1. The number of carbonyl (C=O) groups excluding carboxylic acids is 1. The highest BCUT2D eigenvalue weighted by Gasteiger charge is 2.38. The first-order valence-electron chi connectivity index (χ1n) is 4.69. The summed E-state index contributed by atoms with van der Waals surface area (Å²) < 4.78 is 0. The van der Waals surface area contributed by atoms with E-state index in [9.17, 15) is 9.59 Å². The predicted octanol–water partition coefficient (Wildman–Crippen LogP) is 1.36. The third-order valence-electron chi connectivity index (χ3n) is 2.62. The Balaban J connectivity index is 2.16. The van der Waals surface area contributed by atoms with Gasteiger partial charge in [-0.05, 0) is 30.4 Å². The minimum Gasteiger partial charge on any atom is -0.480 e. The van der Waals surface area contributed by atoms with Crippen molar-refractivity contribution < 1.29 is 14.7 Å². The fraction of sp³-hybridized carbons (Fsp3) is 0.400. The second kappa shape index (κ2) is 3.66. The van der Waals surface area contributed by atoms with E-state index >= 15 is 0 Å². The Morgan fingerprint density at radius 2 is 2.33 bits per heavy atom. The van der Waals surface area contributed by atoms with E-state index in [1.807, 2.05) is 18.4 Å². The molecule has 0 spiro atoms. The zero-order valence-corrected chi connectivity index (χ0v) is 9.08. The van der Waals surface area contributed by atoms with Crippen LogP contribution in [-0.2, 0) is 4.79 Å². The summed E-state index contributed by atoms with van der Waals surface area (Å²) in [7, 11) is 0. The minimum absolute atomic E-state index is 0.152. The van der Waals surface area contributed by atoms with Crippen molar-refractivity contribution in [3.63, 3.8) is 0 Å². The van der Waals surface area contributed by atoms with Gasteiger partial charge < -0.3 is 10.0 Å². The lowest BCUT2D eigenvalue weighted by Crippen LogP contribution is -2.55. The highest BCUT2D eigenvalue weighted by atomic mass is 32.1. The molecular formula is C10H11NO3S. The molecule has 1 atom stereocenters. The minimum atomic E-state index is -0.913. The van der Waals surface area contributed by atoms with Crippen LogP contribution in [-0.4, -0.2) is 34.5 Å². The molecule has 0 radical (unpaired) electrons. The monoisotopic (exact) mass is 225 g/mol. The molecule has 2 rings (SSSR count). The summed E-state index contributed by atoms with van der Waals surface area (Å²) in [6.45, 7) is 2.41. The fourth-order valence-corrected chi connectivity index (χ4v) is 2.49. The van der Waals surface area contributed by atoms with Crippen LogP contribution in [0.4, 0.5) is 0 Å². The van der Waals surface area contributed by atoms with Crippen molar-refractivity contribution in [2.45, 2.75) is 19.4 Å². The molecule has 80 valence electrons. The average molecular weight is 225 g/mol. The van der Waals surface area contributed by atoms with Crippen molar-refractivity contribution in [3.8, 4) is 0 Å². The number of carboxylic acid groups (broad SMARTS) is 1. The van der Waals surface area contributed by atoms with E-state index in [0.29, 0.717) is 17.8 Å². The van der Waals surface area contributed by atoms with Gasteiger partial charge in [0, 0.05) is 6.54 Å². The van der Waals surface area contributed by atoms with E-state index in [1.165, 1.54) is 16.2 Å². The van der Waals surface area contributed by atoms with Crippen molar-refractivity contribution in [3.05, 3.63) is 21.9 Å². The van der Waals surface area contributed by atoms with Gasteiger partial charge >= 0.3 is 5.97 Å². The van der Waals surface area contributed by atoms with Crippen LogP contribution < -0.4 is 0 Å². The van der Waals surface area contributed by atoms with Crippen molar-refractivity contribution in [1.82, 2.24) is 4.90 Å². The standard InChI is InChI=1S/C10H11NO3S/c1-6-3-5-15-8(6)9(12)11-4-2-7(11)10(13)14/h3,5,7H,2,4H2,1H3,(H,13,14). The van der Waals surface area contributed by atoms with E-state index in [2.05, 4.69) is 0 Å². The first kappa shape index (κ1) is 10.2. The molecule has 1 saturated heterocycles. The molecule has 4 nitrogen and oxygen atoms in total. The number of hydrogen-bond donors (Lipinski definition) is 1. The Morgan fingerprint density at radius 3 is 2.73 bits per heavy atom. The maximum Gasteiger partial charge on any atom is 0.326 e. The van der Waals surface area contributed by atoms with E-state index in [4.69, 9.17) is 5.11 Å². The Hall–Kier alpha value is -1.36. The zero-order valence-electron chi connectivity index (χ0n) is 8.27. The van der Waals surface area contributed by atoms with Crippen LogP contribution in [0.25, 0.3) is 0 Å². The quantitative estimate of drug-likeness (QED) is 0.826. The first-order chi connectivity index (χ1) is 7.11. The molecule has 1 aromatic rings. The summed E-state index contributed by atoms with van der Waals surface area (Å²) in [5, 5.41) is 10.7. The van der Waals surface area contributed by atoms with Crippen molar-refractivity contribution in [1.29, 1.82) is 0 Å². The fourth-order valence-electron chi connectivity index (χ4n) is 1.61. The summed E-state index contributed by atoms with van der Waals surface area (Å²) in [6.07, 6.45) is 0.561. The number of nitrogens with zero attached hydrogens (tertiary/aromatic N) is 1.